The molecule has 0 aromatic rings. The molecule has 0 aliphatic heterocycles. The second kappa shape index (κ2) is 2.04. The van der Waals surface area contributed by atoms with E-state index in [4.69, 9.17) is 15.9 Å². The zero-order valence-corrected chi connectivity index (χ0v) is 6.99. The van der Waals surface area contributed by atoms with Gasteiger partial charge in [0.15, 0.2) is 0 Å². The average molecular weight is 185 g/mol. The van der Waals surface area contributed by atoms with Gasteiger partial charge >= 0.3 is 11.9 Å². The molecular formula is C8H11NO4. The van der Waals surface area contributed by atoms with E-state index in [9.17, 15) is 9.59 Å². The number of hydrogen-bond donors (Lipinski definition) is 3. The van der Waals surface area contributed by atoms with Crippen molar-refractivity contribution in [3.05, 3.63) is 0 Å². The number of carbonyl (C=O) groups is 2. The number of fused-ring (bicyclic) bond motifs is 1. The summed E-state index contributed by atoms with van der Waals surface area (Å²) in [7, 11) is 0. The summed E-state index contributed by atoms with van der Waals surface area (Å²) < 4.78 is 0. The Hall–Kier alpha value is -1.10. The van der Waals surface area contributed by atoms with Crippen molar-refractivity contribution in [2.24, 2.45) is 17.1 Å². The van der Waals surface area contributed by atoms with Crippen LogP contribution in [0.1, 0.15) is 19.3 Å². The molecule has 0 heterocycles. The molecule has 0 amide bonds. The minimum absolute atomic E-state index is 0.0221. The smallest absolute Gasteiger partial charge is 0.324 e. The SMILES string of the molecule is NC1(C(=O)O)CCC2CC21C(=O)O. The van der Waals surface area contributed by atoms with Crippen LogP contribution in [0.25, 0.3) is 0 Å². The van der Waals surface area contributed by atoms with Crippen molar-refractivity contribution in [3.63, 3.8) is 0 Å². The minimum Gasteiger partial charge on any atom is -0.481 e. The Bertz CT molecular complexity index is 289. The van der Waals surface area contributed by atoms with Crippen molar-refractivity contribution in [2.75, 3.05) is 0 Å². The van der Waals surface area contributed by atoms with Gasteiger partial charge in [0, 0.05) is 0 Å². The Morgan fingerprint density at radius 1 is 1.31 bits per heavy atom. The Balaban J connectivity index is 2.41. The molecule has 2 fully saturated rings. The fourth-order valence-corrected chi connectivity index (χ4v) is 2.60. The number of rotatable bonds is 2. The topological polar surface area (TPSA) is 101 Å². The number of aliphatic carboxylic acids is 2. The van der Waals surface area contributed by atoms with Crippen LogP contribution in [0.5, 0.6) is 0 Å². The van der Waals surface area contributed by atoms with Crippen molar-refractivity contribution in [1.82, 2.24) is 0 Å². The zero-order chi connectivity index (χ0) is 9.85. The summed E-state index contributed by atoms with van der Waals surface area (Å²) in [6.45, 7) is 0. The van der Waals surface area contributed by atoms with Gasteiger partial charge in [-0.3, -0.25) is 9.59 Å². The van der Waals surface area contributed by atoms with Crippen LogP contribution >= 0.6 is 0 Å². The van der Waals surface area contributed by atoms with Crippen LogP contribution in [0.15, 0.2) is 0 Å². The average Bonchev–Trinajstić information content (AvgIpc) is 2.70. The van der Waals surface area contributed by atoms with Gasteiger partial charge in [-0.1, -0.05) is 0 Å². The second-order valence-electron chi connectivity index (χ2n) is 3.99. The Kier molecular flexibility index (Phi) is 1.33. The van der Waals surface area contributed by atoms with Gasteiger partial charge in [0.1, 0.15) is 5.54 Å². The van der Waals surface area contributed by atoms with E-state index in [2.05, 4.69) is 0 Å². The van der Waals surface area contributed by atoms with Gasteiger partial charge < -0.3 is 15.9 Å². The lowest BCUT2D eigenvalue weighted by atomic mass is 9.82. The van der Waals surface area contributed by atoms with Crippen LogP contribution in [0.3, 0.4) is 0 Å². The molecule has 2 aliphatic rings. The number of carboxylic acid groups (broad SMARTS) is 2. The third-order valence-corrected chi connectivity index (χ3v) is 3.55. The lowest BCUT2D eigenvalue weighted by Crippen LogP contribution is -2.56. The summed E-state index contributed by atoms with van der Waals surface area (Å²) >= 11 is 0. The summed E-state index contributed by atoms with van der Waals surface area (Å²) in [5.74, 6) is -2.26. The first kappa shape index (κ1) is 8.50. The Morgan fingerprint density at radius 2 is 1.92 bits per heavy atom. The molecule has 3 unspecified atom stereocenters. The normalized spacial score (nSPS) is 47.0. The predicted octanol–water partition coefficient (Wildman–Crippen LogP) is -0.347. The summed E-state index contributed by atoms with van der Waals surface area (Å²) in [5.41, 5.74) is 2.94. The van der Waals surface area contributed by atoms with Gasteiger partial charge in [-0.2, -0.15) is 0 Å². The van der Waals surface area contributed by atoms with Crippen LogP contribution in [-0.2, 0) is 9.59 Å². The van der Waals surface area contributed by atoms with Crippen LogP contribution in [0.2, 0.25) is 0 Å². The van der Waals surface area contributed by atoms with E-state index in [-0.39, 0.29) is 12.3 Å². The number of hydrogen-bond acceptors (Lipinski definition) is 3. The van der Waals surface area contributed by atoms with Gasteiger partial charge in [0.05, 0.1) is 5.41 Å². The van der Waals surface area contributed by atoms with E-state index in [0.29, 0.717) is 12.8 Å². The highest BCUT2D eigenvalue weighted by molar-refractivity contribution is 5.93. The van der Waals surface area contributed by atoms with Crippen LogP contribution in [0.4, 0.5) is 0 Å². The van der Waals surface area contributed by atoms with E-state index in [1.807, 2.05) is 0 Å². The van der Waals surface area contributed by atoms with Crippen molar-refractivity contribution < 1.29 is 19.8 Å². The molecule has 0 radical (unpaired) electrons. The summed E-state index contributed by atoms with van der Waals surface area (Å²) in [5, 5.41) is 17.9. The molecule has 0 aromatic carbocycles. The quantitative estimate of drug-likeness (QED) is 0.546. The molecule has 3 atom stereocenters. The van der Waals surface area contributed by atoms with Crippen LogP contribution in [0, 0.1) is 11.3 Å². The van der Waals surface area contributed by atoms with E-state index >= 15 is 0 Å². The first-order valence-corrected chi connectivity index (χ1v) is 4.21. The molecule has 0 bridgehead atoms. The first-order valence-electron chi connectivity index (χ1n) is 4.21. The third kappa shape index (κ3) is 0.709. The molecule has 0 aromatic heterocycles. The molecule has 0 spiro atoms. The minimum atomic E-state index is -1.54. The number of carboxylic acids is 2. The highest BCUT2D eigenvalue weighted by Crippen LogP contribution is 2.67. The fourth-order valence-electron chi connectivity index (χ4n) is 2.60. The summed E-state index contributed by atoms with van der Waals surface area (Å²) in [4.78, 5) is 21.8. The second-order valence-corrected chi connectivity index (χ2v) is 3.99. The van der Waals surface area contributed by atoms with E-state index in [0.717, 1.165) is 0 Å². The van der Waals surface area contributed by atoms with Gasteiger partial charge in [0.2, 0.25) is 0 Å². The lowest BCUT2D eigenvalue weighted by molar-refractivity contribution is -0.156. The first-order chi connectivity index (χ1) is 5.95. The van der Waals surface area contributed by atoms with E-state index in [1.54, 1.807) is 0 Å². The maximum atomic E-state index is 10.9. The lowest BCUT2D eigenvalue weighted by Gasteiger charge is -2.26. The largest absolute Gasteiger partial charge is 0.481 e. The molecule has 13 heavy (non-hydrogen) atoms. The van der Waals surface area contributed by atoms with Gasteiger partial charge in [0.25, 0.3) is 0 Å². The van der Waals surface area contributed by atoms with Crippen molar-refractivity contribution in [3.8, 4) is 0 Å². The maximum absolute atomic E-state index is 10.9. The molecule has 2 saturated carbocycles. The van der Waals surface area contributed by atoms with Gasteiger partial charge in [-0.25, -0.2) is 0 Å². The molecule has 0 saturated heterocycles. The fraction of sp³-hybridized carbons (Fsp3) is 0.750. The predicted molar refractivity (Wildman–Crippen MR) is 42.0 cm³/mol. The van der Waals surface area contributed by atoms with Crippen molar-refractivity contribution in [1.29, 1.82) is 0 Å². The van der Waals surface area contributed by atoms with Crippen molar-refractivity contribution in [2.45, 2.75) is 24.8 Å². The van der Waals surface area contributed by atoms with Gasteiger partial charge in [-0.15, -0.1) is 0 Å². The zero-order valence-electron chi connectivity index (χ0n) is 6.99. The molecule has 2 rings (SSSR count). The Labute approximate surface area is 74.5 Å². The molecule has 5 heteroatoms. The maximum Gasteiger partial charge on any atom is 0.324 e. The summed E-state index contributed by atoms with van der Waals surface area (Å²) in [6.07, 6.45) is 1.32. The molecule has 4 N–H and O–H groups in total. The van der Waals surface area contributed by atoms with Crippen LogP contribution < -0.4 is 5.73 Å². The van der Waals surface area contributed by atoms with Crippen molar-refractivity contribution >= 4 is 11.9 Å². The molecular weight excluding hydrogens is 174 g/mol. The highest BCUT2D eigenvalue weighted by atomic mass is 16.4. The summed E-state index contributed by atoms with van der Waals surface area (Å²) in [6, 6.07) is 0. The number of nitrogens with two attached hydrogens (primary N) is 1. The highest BCUT2D eigenvalue weighted by Gasteiger charge is 2.77. The van der Waals surface area contributed by atoms with Gasteiger partial charge in [-0.05, 0) is 25.2 Å². The Morgan fingerprint density at radius 3 is 2.23 bits per heavy atom. The van der Waals surface area contributed by atoms with E-state index < -0.39 is 22.9 Å². The van der Waals surface area contributed by atoms with Crippen LogP contribution in [-0.4, -0.2) is 27.7 Å². The monoisotopic (exact) mass is 185 g/mol. The molecule has 72 valence electrons. The third-order valence-electron chi connectivity index (χ3n) is 3.55. The molecule has 2 aliphatic carbocycles. The molecule has 5 nitrogen and oxygen atoms in total. The van der Waals surface area contributed by atoms with E-state index in [1.165, 1.54) is 0 Å². The standard InChI is InChI=1S/C8H11NO4/c9-8(6(12)13)2-1-4-3-7(4,8)5(10)11/h4H,1-3,9H2,(H,10,11)(H,12,13).